The van der Waals surface area contributed by atoms with E-state index in [1.54, 1.807) is 0 Å². The van der Waals surface area contributed by atoms with E-state index in [0.29, 0.717) is 17.5 Å². The number of para-hydroxylation sites is 1. The Balaban J connectivity index is 0.804. The molecule has 9 heteroatoms. The van der Waals surface area contributed by atoms with Crippen molar-refractivity contribution in [2.45, 2.75) is 19.3 Å². The molecule has 9 nitrogen and oxygen atoms in total. The molecule has 1 aliphatic rings. The molecule has 2 N–H and O–H groups in total. The molecule has 0 fully saturated rings. The first-order valence-electron chi connectivity index (χ1n) is 29.7. The van der Waals surface area contributed by atoms with Gasteiger partial charge in [-0.3, -0.25) is 8.80 Å². The molecule has 18 aromatic rings. The van der Waals surface area contributed by atoms with Gasteiger partial charge in [0.25, 0.3) is 0 Å². The maximum Gasteiger partial charge on any atom is 0.164 e. The van der Waals surface area contributed by atoms with Crippen molar-refractivity contribution in [3.63, 3.8) is 0 Å². The van der Waals surface area contributed by atoms with Crippen LogP contribution in [0.25, 0.3) is 177 Å². The molecular weight excluding hydrogens is 1060 g/mol. The maximum atomic E-state index is 5.63. The van der Waals surface area contributed by atoms with Crippen molar-refractivity contribution >= 4 is 98.8 Å². The van der Waals surface area contributed by atoms with E-state index in [-0.39, 0.29) is 5.41 Å². The van der Waals surface area contributed by atoms with Crippen LogP contribution >= 0.6 is 0 Å². The van der Waals surface area contributed by atoms with Crippen LogP contribution < -0.4 is 0 Å². The van der Waals surface area contributed by atoms with Crippen molar-refractivity contribution in [3.05, 3.63) is 260 Å². The summed E-state index contributed by atoms with van der Waals surface area (Å²) in [7, 11) is 0. The quantitative estimate of drug-likeness (QED) is 0.161. The van der Waals surface area contributed by atoms with Gasteiger partial charge in [-0.15, -0.1) is 0 Å². The number of H-pyrrole nitrogens is 2. The van der Waals surface area contributed by atoms with Crippen molar-refractivity contribution in [1.82, 2.24) is 43.7 Å². The minimum atomic E-state index is -0.116. The second kappa shape index (κ2) is 17.7. The van der Waals surface area contributed by atoms with Crippen LogP contribution in [0.15, 0.2) is 249 Å². The fourth-order valence-electron chi connectivity index (χ4n) is 14.6. The largest absolute Gasteiger partial charge is 0.339 e. The summed E-state index contributed by atoms with van der Waals surface area (Å²) in [5, 5.41) is 8.97. The Morgan fingerprint density at radius 2 is 0.839 bits per heavy atom. The molecule has 0 saturated heterocycles. The molecule has 1 aliphatic carbocycles. The predicted molar refractivity (Wildman–Crippen MR) is 356 cm³/mol. The number of imidazole rings is 2. The number of hydrogen-bond acceptors (Lipinski definition) is 5. The minimum absolute atomic E-state index is 0.116. The predicted octanol–water partition coefficient (Wildman–Crippen LogP) is 19.4. The fraction of sp³-hybridized carbons (Fsp3) is 0.0385. The molecule has 87 heavy (non-hydrogen) atoms. The lowest BCUT2D eigenvalue weighted by molar-refractivity contribution is 0.660. The van der Waals surface area contributed by atoms with Gasteiger partial charge in [0, 0.05) is 70.8 Å². The normalized spacial score (nSPS) is 13.0. The van der Waals surface area contributed by atoms with Crippen LogP contribution in [0.2, 0.25) is 0 Å². The number of nitrogens with zero attached hydrogens (tertiary/aromatic N) is 7. The molecule has 0 bridgehead atoms. The molecule has 0 aliphatic heterocycles. The number of benzene rings is 11. The van der Waals surface area contributed by atoms with Crippen molar-refractivity contribution in [1.29, 1.82) is 0 Å². The number of nitrogens with one attached hydrogen (secondary N) is 2. The highest BCUT2D eigenvalue weighted by Gasteiger charge is 2.37. The zero-order chi connectivity index (χ0) is 57.2. The summed E-state index contributed by atoms with van der Waals surface area (Å²) >= 11 is 0. The second-order valence-electron chi connectivity index (χ2n) is 23.7. The first-order valence-corrected chi connectivity index (χ1v) is 29.7. The van der Waals surface area contributed by atoms with Crippen LogP contribution in [0.1, 0.15) is 25.0 Å². The van der Waals surface area contributed by atoms with E-state index in [4.69, 9.17) is 24.9 Å². The monoisotopic (exact) mass is 1110 g/mol. The summed E-state index contributed by atoms with van der Waals surface area (Å²) in [6.45, 7) is 4.71. The number of pyridine rings is 2. The zero-order valence-corrected chi connectivity index (χ0v) is 47.3. The number of fused-ring (bicyclic) bond motifs is 23. The first-order chi connectivity index (χ1) is 42.9. The standard InChI is InChI=1S/C78H49N9/c1-78(2)60-33-13-11-27-55(60)67-51(30-17-34-61(67)78)52-31-18-36-64-68(52)53-25-9-10-26-54(53)74-82-70-59-42-48(38-40-63(59)80-77(70)86(64)74)50-29-16-32-58-66(50)57-39-37-47(43-65(57)87-75(58)81-69-56-28-12-14-35-62(56)79-76(69)87)46-23-15-24-49(41-46)73-84-71(44-19-5-3-6-20-44)83-72(85-73)45-21-7-4-8-22-45/h3-43,79-80H,1-2H3. The van der Waals surface area contributed by atoms with Crippen molar-refractivity contribution in [3.8, 4) is 78.7 Å². The van der Waals surface area contributed by atoms with E-state index in [1.807, 2.05) is 60.7 Å². The number of hydrogen-bond donors (Lipinski definition) is 2. The number of rotatable bonds is 6. The average Bonchev–Trinajstić information content (AvgIpc) is 1.72. The Kier molecular flexibility index (Phi) is 9.77. The minimum Gasteiger partial charge on any atom is -0.339 e. The van der Waals surface area contributed by atoms with E-state index in [1.165, 1.54) is 44.2 Å². The second-order valence-corrected chi connectivity index (χ2v) is 23.7. The average molecular weight is 1110 g/mol. The third-order valence-electron chi connectivity index (χ3n) is 18.6. The van der Waals surface area contributed by atoms with E-state index in [9.17, 15) is 0 Å². The lowest BCUT2D eigenvalue weighted by atomic mass is 9.82. The van der Waals surface area contributed by atoms with Crippen molar-refractivity contribution < 1.29 is 0 Å². The lowest BCUT2D eigenvalue weighted by Crippen LogP contribution is -2.14. The molecule has 0 spiro atoms. The van der Waals surface area contributed by atoms with Crippen LogP contribution in [0.4, 0.5) is 0 Å². The van der Waals surface area contributed by atoms with Gasteiger partial charge in [0.1, 0.15) is 33.6 Å². The lowest BCUT2D eigenvalue weighted by Gasteiger charge is -2.22. The van der Waals surface area contributed by atoms with Gasteiger partial charge in [-0.05, 0) is 97.4 Å². The molecule has 19 rings (SSSR count). The summed E-state index contributed by atoms with van der Waals surface area (Å²) in [6.07, 6.45) is 0. The summed E-state index contributed by atoms with van der Waals surface area (Å²) < 4.78 is 4.69. The summed E-state index contributed by atoms with van der Waals surface area (Å²) in [5.41, 5.74) is 24.6. The SMILES string of the molecule is CC1(C)c2ccccc2-c2c(-c3cccc4c3c3ccccc3c3nc5c6cc(-c7cccc8c7c7ccc(-c9cccc(-c%10nc(-c%11ccccc%11)nc(-c%11ccccc%11)n%10)c9)cc7n7c8nc8c9ccccc9[nH]c87)ccc6[nH]c5n43)cccc21. The highest BCUT2D eigenvalue weighted by molar-refractivity contribution is 6.23. The maximum absolute atomic E-state index is 5.63. The number of aromatic amines is 2. The van der Waals surface area contributed by atoms with Gasteiger partial charge < -0.3 is 9.97 Å². The highest BCUT2D eigenvalue weighted by Crippen LogP contribution is 2.53. The molecule has 0 saturated carbocycles. The molecule has 0 amide bonds. The summed E-state index contributed by atoms with van der Waals surface area (Å²) in [5.74, 6) is 1.86. The van der Waals surface area contributed by atoms with Crippen molar-refractivity contribution in [2.24, 2.45) is 0 Å². The molecule has 0 atom stereocenters. The molecule has 11 aromatic carbocycles. The Morgan fingerprint density at radius 1 is 0.310 bits per heavy atom. The van der Waals surface area contributed by atoms with E-state index in [0.717, 1.165) is 127 Å². The van der Waals surface area contributed by atoms with Crippen LogP contribution in [-0.4, -0.2) is 43.7 Å². The molecular formula is C78H49N9. The van der Waals surface area contributed by atoms with E-state index < -0.39 is 0 Å². The first kappa shape index (κ1) is 47.9. The van der Waals surface area contributed by atoms with Crippen molar-refractivity contribution in [2.75, 3.05) is 0 Å². The van der Waals surface area contributed by atoms with Gasteiger partial charge in [-0.2, -0.15) is 0 Å². The number of aromatic nitrogens is 9. The van der Waals surface area contributed by atoms with E-state index >= 15 is 0 Å². The molecule has 7 heterocycles. The Bertz CT molecular complexity index is 5930. The summed E-state index contributed by atoms with van der Waals surface area (Å²) in [4.78, 5) is 34.0. The zero-order valence-electron chi connectivity index (χ0n) is 47.3. The Hall–Kier alpha value is -11.6. The molecule has 406 valence electrons. The van der Waals surface area contributed by atoms with Gasteiger partial charge in [0.15, 0.2) is 17.5 Å². The smallest absolute Gasteiger partial charge is 0.164 e. The van der Waals surface area contributed by atoms with Crippen LogP contribution in [-0.2, 0) is 5.41 Å². The Labute approximate surface area is 497 Å². The third kappa shape index (κ3) is 6.82. The fourth-order valence-corrected chi connectivity index (χ4v) is 14.6. The van der Waals surface area contributed by atoms with Gasteiger partial charge in [-0.25, -0.2) is 24.9 Å². The van der Waals surface area contributed by atoms with Gasteiger partial charge in [0.2, 0.25) is 0 Å². The van der Waals surface area contributed by atoms with Gasteiger partial charge in [0.05, 0.1) is 11.0 Å². The Morgan fingerprint density at radius 3 is 1.63 bits per heavy atom. The summed E-state index contributed by atoms with van der Waals surface area (Å²) in [6, 6.07) is 89.0. The topological polar surface area (TPSA) is 105 Å². The third-order valence-corrected chi connectivity index (χ3v) is 18.6. The van der Waals surface area contributed by atoms with E-state index in [2.05, 4.69) is 221 Å². The molecule has 0 unspecified atom stereocenters. The van der Waals surface area contributed by atoms with Crippen LogP contribution in [0.5, 0.6) is 0 Å². The van der Waals surface area contributed by atoms with Crippen LogP contribution in [0, 0.1) is 0 Å². The highest BCUT2D eigenvalue weighted by atomic mass is 15.1. The van der Waals surface area contributed by atoms with Crippen LogP contribution in [0.3, 0.4) is 0 Å². The molecule has 0 radical (unpaired) electrons. The molecule has 7 aromatic heterocycles. The van der Waals surface area contributed by atoms with Gasteiger partial charge >= 0.3 is 0 Å². The van der Waals surface area contributed by atoms with Gasteiger partial charge in [-0.1, -0.05) is 226 Å².